The van der Waals surface area contributed by atoms with Crippen molar-refractivity contribution in [3.8, 4) is 0 Å². The number of aryl methyl sites for hydroxylation is 1. The van der Waals surface area contributed by atoms with Crippen molar-refractivity contribution in [2.45, 2.75) is 31.1 Å². The Morgan fingerprint density at radius 2 is 1.86 bits per heavy atom. The molecular formula is C18H18F2O. The lowest BCUT2D eigenvalue weighted by Crippen LogP contribution is -2.37. The first-order chi connectivity index (χ1) is 10.2. The molecule has 3 rings (SSSR count). The molecular weight excluding hydrogens is 270 g/mol. The van der Waals surface area contributed by atoms with E-state index in [2.05, 4.69) is 6.07 Å². The van der Waals surface area contributed by atoms with E-state index < -0.39 is 17.0 Å². The third-order valence-corrected chi connectivity index (χ3v) is 4.55. The van der Waals surface area contributed by atoms with E-state index in [0.29, 0.717) is 12.0 Å². The summed E-state index contributed by atoms with van der Waals surface area (Å²) in [6.07, 6.45) is 3.04. The molecule has 1 atom stereocenters. The molecule has 0 amide bonds. The smallest absolute Gasteiger partial charge is 0.162 e. The highest BCUT2D eigenvalue weighted by molar-refractivity contribution is 5.39. The van der Waals surface area contributed by atoms with Crippen molar-refractivity contribution in [3.63, 3.8) is 0 Å². The first kappa shape index (κ1) is 14.2. The van der Waals surface area contributed by atoms with E-state index >= 15 is 0 Å². The highest BCUT2D eigenvalue weighted by Crippen LogP contribution is 2.40. The van der Waals surface area contributed by atoms with Crippen LogP contribution in [0.2, 0.25) is 0 Å². The minimum Gasteiger partial charge on any atom is -0.395 e. The van der Waals surface area contributed by atoms with Crippen LogP contribution in [0.1, 0.15) is 29.5 Å². The second-order valence-electron chi connectivity index (χ2n) is 5.84. The maximum atomic E-state index is 14.0. The molecule has 0 saturated carbocycles. The van der Waals surface area contributed by atoms with Crippen molar-refractivity contribution in [2.75, 3.05) is 6.61 Å². The maximum Gasteiger partial charge on any atom is 0.162 e. The van der Waals surface area contributed by atoms with Gasteiger partial charge >= 0.3 is 0 Å². The Labute approximate surface area is 123 Å². The van der Waals surface area contributed by atoms with Crippen LogP contribution in [0.15, 0.2) is 42.5 Å². The molecule has 2 aromatic rings. The van der Waals surface area contributed by atoms with Crippen LogP contribution in [0.25, 0.3) is 0 Å². The zero-order valence-corrected chi connectivity index (χ0v) is 11.8. The zero-order chi connectivity index (χ0) is 14.9. The number of hydrogen-bond acceptors (Lipinski definition) is 1. The third-order valence-electron chi connectivity index (χ3n) is 4.55. The molecule has 21 heavy (non-hydrogen) atoms. The lowest BCUT2D eigenvalue weighted by molar-refractivity contribution is 0.172. The largest absolute Gasteiger partial charge is 0.395 e. The third kappa shape index (κ3) is 2.46. The number of aliphatic hydroxyl groups excluding tert-OH is 1. The molecule has 0 spiro atoms. The van der Waals surface area contributed by atoms with Crippen molar-refractivity contribution in [1.82, 2.24) is 0 Å². The molecule has 1 aliphatic rings. The molecule has 0 bridgehead atoms. The number of rotatable bonds is 3. The monoisotopic (exact) mass is 288 g/mol. The number of aliphatic hydroxyl groups is 1. The Balaban J connectivity index is 2.04. The van der Waals surface area contributed by atoms with Crippen LogP contribution in [0.4, 0.5) is 8.78 Å². The molecule has 0 heterocycles. The van der Waals surface area contributed by atoms with Crippen molar-refractivity contribution in [1.29, 1.82) is 0 Å². The standard InChI is InChI=1S/C18H18F2O/c19-16-9-3-6-14(17(16)20)11-18(12-21)10-4-7-13-5-1-2-8-15(13)18/h1-3,5-6,8-9,21H,4,7,10-12H2. The first-order valence-corrected chi connectivity index (χ1v) is 7.28. The first-order valence-electron chi connectivity index (χ1n) is 7.28. The molecule has 0 radical (unpaired) electrons. The Kier molecular flexibility index (Phi) is 3.77. The summed E-state index contributed by atoms with van der Waals surface area (Å²) in [6.45, 7) is -0.0556. The lowest BCUT2D eigenvalue weighted by atomic mass is 9.67. The number of fused-ring (bicyclic) bond motifs is 1. The summed E-state index contributed by atoms with van der Waals surface area (Å²) in [5, 5.41) is 9.99. The van der Waals surface area contributed by atoms with Gasteiger partial charge < -0.3 is 5.11 Å². The van der Waals surface area contributed by atoms with Gasteiger partial charge in [-0.05, 0) is 48.4 Å². The normalized spacial score (nSPS) is 21.1. The van der Waals surface area contributed by atoms with Gasteiger partial charge in [0.15, 0.2) is 11.6 Å². The van der Waals surface area contributed by atoms with Crippen LogP contribution in [0.3, 0.4) is 0 Å². The minimum absolute atomic E-state index is 0.0556. The highest BCUT2D eigenvalue weighted by Gasteiger charge is 2.36. The molecule has 1 nitrogen and oxygen atoms in total. The van der Waals surface area contributed by atoms with Crippen LogP contribution in [-0.2, 0) is 18.3 Å². The SMILES string of the molecule is OCC1(Cc2cccc(F)c2F)CCCc2ccccc21. The predicted molar refractivity (Wildman–Crippen MR) is 78.2 cm³/mol. The highest BCUT2D eigenvalue weighted by atomic mass is 19.2. The van der Waals surface area contributed by atoms with Gasteiger partial charge in [-0.1, -0.05) is 36.4 Å². The summed E-state index contributed by atoms with van der Waals surface area (Å²) in [5.41, 5.74) is 2.10. The summed E-state index contributed by atoms with van der Waals surface area (Å²) in [5.74, 6) is -1.63. The van der Waals surface area contributed by atoms with Gasteiger partial charge in [-0.3, -0.25) is 0 Å². The Morgan fingerprint density at radius 1 is 1.05 bits per heavy atom. The summed E-state index contributed by atoms with van der Waals surface area (Å²) in [4.78, 5) is 0. The van der Waals surface area contributed by atoms with Gasteiger partial charge in [-0.25, -0.2) is 8.78 Å². The molecule has 1 N–H and O–H groups in total. The Hall–Kier alpha value is -1.74. The molecule has 0 saturated heterocycles. The second kappa shape index (κ2) is 5.57. The van der Waals surface area contributed by atoms with Crippen LogP contribution in [0, 0.1) is 11.6 Å². The molecule has 110 valence electrons. The van der Waals surface area contributed by atoms with Crippen molar-refractivity contribution >= 4 is 0 Å². The fourth-order valence-electron chi connectivity index (χ4n) is 3.46. The molecule has 0 aliphatic heterocycles. The van der Waals surface area contributed by atoms with Gasteiger partial charge in [0.2, 0.25) is 0 Å². The van der Waals surface area contributed by atoms with Crippen molar-refractivity contribution in [2.24, 2.45) is 0 Å². The van der Waals surface area contributed by atoms with Crippen LogP contribution < -0.4 is 0 Å². The van der Waals surface area contributed by atoms with Gasteiger partial charge in [0, 0.05) is 5.41 Å². The fourth-order valence-corrected chi connectivity index (χ4v) is 3.46. The van der Waals surface area contributed by atoms with Gasteiger partial charge in [-0.15, -0.1) is 0 Å². The average Bonchev–Trinajstić information content (AvgIpc) is 2.52. The van der Waals surface area contributed by atoms with Crippen LogP contribution >= 0.6 is 0 Å². The Bertz CT molecular complexity index is 653. The number of halogens is 2. The van der Waals surface area contributed by atoms with Crippen LogP contribution in [-0.4, -0.2) is 11.7 Å². The molecule has 1 aliphatic carbocycles. The minimum atomic E-state index is -0.829. The van der Waals surface area contributed by atoms with E-state index in [4.69, 9.17) is 0 Å². The van der Waals surface area contributed by atoms with Crippen LogP contribution in [0.5, 0.6) is 0 Å². The Morgan fingerprint density at radius 3 is 2.67 bits per heavy atom. The summed E-state index contributed by atoms with van der Waals surface area (Å²) in [7, 11) is 0. The zero-order valence-electron chi connectivity index (χ0n) is 11.8. The molecule has 2 aromatic carbocycles. The quantitative estimate of drug-likeness (QED) is 0.911. The summed E-state index contributed by atoms with van der Waals surface area (Å²) < 4.78 is 27.4. The molecule has 0 fully saturated rings. The average molecular weight is 288 g/mol. The number of benzene rings is 2. The molecule has 0 aromatic heterocycles. The van der Waals surface area contributed by atoms with E-state index in [1.807, 2.05) is 18.2 Å². The van der Waals surface area contributed by atoms with Gasteiger partial charge in [-0.2, -0.15) is 0 Å². The summed E-state index contributed by atoms with van der Waals surface area (Å²) >= 11 is 0. The second-order valence-corrected chi connectivity index (χ2v) is 5.84. The van der Waals surface area contributed by atoms with E-state index in [9.17, 15) is 13.9 Å². The lowest BCUT2D eigenvalue weighted by Gasteiger charge is -2.38. The predicted octanol–water partition coefficient (Wildman–Crippen LogP) is 3.77. The van der Waals surface area contributed by atoms with Gasteiger partial charge in [0.25, 0.3) is 0 Å². The molecule has 1 unspecified atom stereocenters. The van der Waals surface area contributed by atoms with E-state index in [0.717, 1.165) is 30.9 Å². The van der Waals surface area contributed by atoms with Crippen molar-refractivity contribution < 1.29 is 13.9 Å². The number of hydrogen-bond donors (Lipinski definition) is 1. The van der Waals surface area contributed by atoms with Crippen molar-refractivity contribution in [3.05, 3.63) is 70.8 Å². The topological polar surface area (TPSA) is 20.2 Å². The van der Waals surface area contributed by atoms with E-state index in [1.165, 1.54) is 11.6 Å². The summed E-state index contributed by atoms with van der Waals surface area (Å²) in [6, 6.07) is 12.2. The van der Waals surface area contributed by atoms with E-state index in [-0.39, 0.29) is 6.61 Å². The fraction of sp³-hybridized carbons (Fsp3) is 0.333. The van der Waals surface area contributed by atoms with Gasteiger partial charge in [0.05, 0.1) is 6.61 Å². The van der Waals surface area contributed by atoms with Gasteiger partial charge in [0.1, 0.15) is 0 Å². The van der Waals surface area contributed by atoms with E-state index in [1.54, 1.807) is 6.07 Å². The maximum absolute atomic E-state index is 14.0. The molecule has 3 heteroatoms.